The fourth-order valence-corrected chi connectivity index (χ4v) is 6.43. The molecule has 1 saturated carbocycles. The number of pyridine rings is 1. The zero-order valence-corrected chi connectivity index (χ0v) is 21.5. The number of thiazole rings is 1. The molecule has 1 aliphatic carbocycles. The van der Waals surface area contributed by atoms with Gasteiger partial charge in [-0.3, -0.25) is 14.7 Å². The van der Waals surface area contributed by atoms with Gasteiger partial charge >= 0.3 is 6.03 Å². The first kappa shape index (κ1) is 23.3. The van der Waals surface area contributed by atoms with E-state index in [0.29, 0.717) is 24.6 Å². The Kier molecular flexibility index (Phi) is 5.61. The summed E-state index contributed by atoms with van der Waals surface area (Å²) < 4.78 is 14.9. The first-order chi connectivity index (χ1) is 18.5. The monoisotopic (exact) mass is 527 g/mol. The molecule has 0 spiro atoms. The highest BCUT2D eigenvalue weighted by Crippen LogP contribution is 2.38. The molecule has 7 rings (SSSR count). The van der Waals surface area contributed by atoms with E-state index in [4.69, 9.17) is 4.98 Å². The van der Waals surface area contributed by atoms with Crippen LogP contribution in [0, 0.1) is 11.7 Å². The Bertz CT molecular complexity index is 1580. The van der Waals surface area contributed by atoms with Crippen LogP contribution in [0.15, 0.2) is 54.7 Å². The topological polar surface area (TPSA) is 78.4 Å². The molecule has 2 fully saturated rings. The molecule has 0 radical (unpaired) electrons. The van der Waals surface area contributed by atoms with Crippen molar-refractivity contribution in [2.24, 2.45) is 5.92 Å². The molecule has 1 atom stereocenters. The van der Waals surface area contributed by atoms with Gasteiger partial charge in [0.25, 0.3) is 0 Å². The van der Waals surface area contributed by atoms with Crippen LogP contribution in [-0.2, 0) is 11.2 Å². The molecule has 38 heavy (non-hydrogen) atoms. The Labute approximate surface area is 223 Å². The van der Waals surface area contributed by atoms with Crippen LogP contribution >= 0.6 is 11.3 Å². The van der Waals surface area contributed by atoms with Gasteiger partial charge < -0.3 is 10.2 Å². The number of fused-ring (bicyclic) bond motifs is 2. The number of likely N-dealkylation sites (tertiary alicyclic amines) is 1. The second-order valence-corrected chi connectivity index (χ2v) is 11.3. The number of carbonyl (C=O) groups excluding carboxylic acids is 2. The maximum absolute atomic E-state index is 13.9. The minimum Gasteiger partial charge on any atom is -0.317 e. The van der Waals surface area contributed by atoms with Gasteiger partial charge in [0, 0.05) is 37.2 Å². The van der Waals surface area contributed by atoms with Gasteiger partial charge in [-0.05, 0) is 67.1 Å². The van der Waals surface area contributed by atoms with E-state index in [1.165, 1.54) is 23.5 Å². The molecule has 1 unspecified atom stereocenters. The van der Waals surface area contributed by atoms with Crippen molar-refractivity contribution in [1.29, 1.82) is 0 Å². The maximum Gasteiger partial charge on any atom is 0.325 e. The van der Waals surface area contributed by atoms with Crippen molar-refractivity contribution in [2.75, 3.05) is 23.3 Å². The highest BCUT2D eigenvalue weighted by atomic mass is 32.1. The van der Waals surface area contributed by atoms with Crippen LogP contribution in [0.2, 0.25) is 0 Å². The third-order valence-electron chi connectivity index (χ3n) is 7.67. The van der Waals surface area contributed by atoms with Crippen molar-refractivity contribution in [3.05, 3.63) is 71.8 Å². The summed E-state index contributed by atoms with van der Waals surface area (Å²) in [7, 11) is 0. The molecule has 2 aliphatic heterocycles. The molecule has 2 aromatic carbocycles. The van der Waals surface area contributed by atoms with E-state index < -0.39 is 0 Å². The van der Waals surface area contributed by atoms with Gasteiger partial charge in [0.05, 0.1) is 27.6 Å². The van der Waals surface area contributed by atoms with Gasteiger partial charge in [-0.2, -0.15) is 0 Å². The molecule has 192 valence electrons. The standard InChI is InChI=1S/C29H26FN5O2S/c30-21-4-1-3-19(13-21)24-5-2-11-34(24)29(37)35-12-10-22-25(35)14-20(16-31-22)18-8-9-23-26(15-18)38-28(32-23)33-27(36)17-6-7-17/h1,3-4,8-9,13-17,24H,2,5-7,10-12H2,(H,32,33,36). The second-order valence-electron chi connectivity index (χ2n) is 10.2. The lowest BCUT2D eigenvalue weighted by Crippen LogP contribution is -2.42. The van der Waals surface area contributed by atoms with Crippen molar-refractivity contribution in [3.63, 3.8) is 0 Å². The van der Waals surface area contributed by atoms with Crippen molar-refractivity contribution < 1.29 is 14.0 Å². The number of anilines is 2. The van der Waals surface area contributed by atoms with E-state index in [1.807, 2.05) is 40.3 Å². The molecule has 2 aromatic heterocycles. The van der Waals surface area contributed by atoms with E-state index in [9.17, 15) is 14.0 Å². The van der Waals surface area contributed by atoms with Gasteiger partial charge in [-0.25, -0.2) is 14.2 Å². The molecular weight excluding hydrogens is 501 g/mol. The van der Waals surface area contributed by atoms with E-state index in [1.54, 1.807) is 6.07 Å². The Morgan fingerprint density at radius 1 is 1.03 bits per heavy atom. The average Bonchev–Trinajstić information content (AvgIpc) is 3.32. The third-order valence-corrected chi connectivity index (χ3v) is 8.61. The van der Waals surface area contributed by atoms with Crippen molar-refractivity contribution in [2.45, 2.75) is 38.1 Å². The number of aromatic nitrogens is 2. The van der Waals surface area contributed by atoms with Crippen LogP contribution in [0.25, 0.3) is 21.3 Å². The van der Waals surface area contributed by atoms with Gasteiger partial charge in [0.2, 0.25) is 5.91 Å². The summed E-state index contributed by atoms with van der Waals surface area (Å²) in [6, 6.07) is 14.5. The molecule has 1 N–H and O–H groups in total. The minimum absolute atomic E-state index is 0.0505. The largest absolute Gasteiger partial charge is 0.325 e. The second kappa shape index (κ2) is 9.16. The number of rotatable bonds is 4. The minimum atomic E-state index is -0.280. The van der Waals surface area contributed by atoms with Crippen molar-refractivity contribution in [1.82, 2.24) is 14.9 Å². The van der Waals surface area contributed by atoms with E-state index in [2.05, 4.69) is 16.4 Å². The molecule has 3 amide bonds. The molecule has 4 heterocycles. The number of hydrogen-bond donors (Lipinski definition) is 1. The molecule has 3 aliphatic rings. The molecule has 0 bridgehead atoms. The van der Waals surface area contributed by atoms with Crippen LogP contribution in [0.4, 0.5) is 20.0 Å². The number of benzene rings is 2. The van der Waals surface area contributed by atoms with Crippen LogP contribution in [0.3, 0.4) is 0 Å². The lowest BCUT2D eigenvalue weighted by atomic mass is 10.0. The van der Waals surface area contributed by atoms with Crippen LogP contribution in [0.1, 0.15) is 43.0 Å². The zero-order valence-electron chi connectivity index (χ0n) is 20.7. The third kappa shape index (κ3) is 4.20. The molecule has 4 aromatic rings. The first-order valence-electron chi connectivity index (χ1n) is 13.1. The lowest BCUT2D eigenvalue weighted by Gasteiger charge is -2.30. The van der Waals surface area contributed by atoms with Gasteiger partial charge in [0.15, 0.2) is 5.13 Å². The smallest absolute Gasteiger partial charge is 0.317 e. The summed E-state index contributed by atoms with van der Waals surface area (Å²) in [5, 5.41) is 3.56. The van der Waals surface area contributed by atoms with E-state index in [0.717, 1.165) is 64.0 Å². The number of nitrogens with one attached hydrogen (secondary N) is 1. The van der Waals surface area contributed by atoms with E-state index in [-0.39, 0.29) is 29.7 Å². The predicted octanol–water partition coefficient (Wildman–Crippen LogP) is 6.17. The lowest BCUT2D eigenvalue weighted by molar-refractivity contribution is -0.117. The van der Waals surface area contributed by atoms with Crippen LogP contribution in [-0.4, -0.2) is 39.9 Å². The Hall–Kier alpha value is -3.85. The quantitative estimate of drug-likeness (QED) is 0.345. The fraction of sp³-hybridized carbons (Fsp3) is 0.310. The van der Waals surface area contributed by atoms with Gasteiger partial charge in [-0.15, -0.1) is 0 Å². The van der Waals surface area contributed by atoms with Crippen molar-refractivity contribution in [3.8, 4) is 11.1 Å². The molecular formula is C29H26FN5O2S. The number of amides is 3. The van der Waals surface area contributed by atoms with Crippen LogP contribution in [0.5, 0.6) is 0 Å². The van der Waals surface area contributed by atoms with E-state index >= 15 is 0 Å². The molecule has 7 nitrogen and oxygen atoms in total. The van der Waals surface area contributed by atoms with Crippen molar-refractivity contribution >= 4 is 44.3 Å². The molecule has 9 heteroatoms. The number of nitrogens with zero attached hydrogens (tertiary/aromatic N) is 4. The number of carbonyl (C=O) groups is 2. The summed E-state index contributed by atoms with van der Waals surface area (Å²) in [6.45, 7) is 1.23. The summed E-state index contributed by atoms with van der Waals surface area (Å²) >= 11 is 1.47. The number of urea groups is 1. The number of hydrogen-bond acceptors (Lipinski definition) is 5. The normalized spacial score (nSPS) is 18.7. The molecule has 1 saturated heterocycles. The summed E-state index contributed by atoms with van der Waals surface area (Å²) in [4.78, 5) is 38.8. The van der Waals surface area contributed by atoms with Gasteiger partial charge in [-0.1, -0.05) is 29.5 Å². The Morgan fingerprint density at radius 2 is 1.92 bits per heavy atom. The van der Waals surface area contributed by atoms with Crippen LogP contribution < -0.4 is 10.2 Å². The average molecular weight is 528 g/mol. The fourth-order valence-electron chi connectivity index (χ4n) is 5.52. The first-order valence-corrected chi connectivity index (χ1v) is 13.9. The predicted molar refractivity (Wildman–Crippen MR) is 146 cm³/mol. The summed E-state index contributed by atoms with van der Waals surface area (Å²) in [5.74, 6) is -0.0996. The number of halogens is 1. The highest BCUT2D eigenvalue weighted by Gasteiger charge is 2.36. The SMILES string of the molecule is O=C(Nc1nc2ccc(-c3cnc4c(c3)N(C(=O)N3CCCC3c3cccc(F)c3)CC4)cc2s1)C1CC1. The summed E-state index contributed by atoms with van der Waals surface area (Å²) in [5.41, 5.74) is 5.33. The Balaban J connectivity index is 1.15. The highest BCUT2D eigenvalue weighted by molar-refractivity contribution is 7.22. The summed E-state index contributed by atoms with van der Waals surface area (Å²) in [6.07, 6.45) is 6.19. The Morgan fingerprint density at radius 3 is 2.76 bits per heavy atom. The maximum atomic E-state index is 13.9. The zero-order chi connectivity index (χ0) is 25.8. The van der Waals surface area contributed by atoms with Gasteiger partial charge in [0.1, 0.15) is 5.82 Å².